The zero-order valence-corrected chi connectivity index (χ0v) is 7.30. The Hall–Kier alpha value is -0.950. The maximum atomic E-state index is 4.20. The molecule has 0 fully saturated rings. The zero-order chi connectivity index (χ0) is 8.10. The largest absolute Gasteiger partial charge is 0.302 e. The van der Waals surface area contributed by atoms with Gasteiger partial charge in [0.2, 0.25) is 0 Å². The molecule has 0 amide bonds. The van der Waals surface area contributed by atoms with Crippen LogP contribution in [0.4, 0.5) is 0 Å². The highest BCUT2D eigenvalue weighted by atomic mass is 31.1. The number of nitrogens with zero attached hydrogens (tertiary/aromatic N) is 2. The van der Waals surface area contributed by atoms with Crippen molar-refractivity contribution in [2.45, 2.75) is 6.92 Å². The number of hydrogen-bond donors (Lipinski definition) is 1. The van der Waals surface area contributed by atoms with Crippen molar-refractivity contribution in [3.8, 4) is 0 Å². The summed E-state index contributed by atoms with van der Waals surface area (Å²) in [5, 5.41) is 3.92. The van der Waals surface area contributed by atoms with Crippen LogP contribution in [0.15, 0.2) is 22.0 Å². The monoisotopic (exact) mass is 167 g/mol. The Bertz CT molecular complexity index is 240. The first-order valence-corrected chi connectivity index (χ1v) is 4.45. The number of hydrogen-bond acceptors (Lipinski definition) is 3. The van der Waals surface area contributed by atoms with Crippen LogP contribution in [-0.4, -0.2) is 24.4 Å². The molecule has 0 aromatic carbocycles. The lowest BCUT2D eigenvalue weighted by Gasteiger charge is -2.06. The Labute approximate surface area is 67.7 Å². The average molecular weight is 167 g/mol. The molecule has 1 heterocycles. The SMILES string of the molecule is C=P/C=C\C1=NC(C)=NNC1. The molecule has 1 N–H and O–H groups in total. The van der Waals surface area contributed by atoms with E-state index in [1.54, 1.807) is 0 Å². The number of amidine groups is 1. The molecule has 0 saturated heterocycles. The van der Waals surface area contributed by atoms with Gasteiger partial charge in [-0.15, -0.1) is 0 Å². The number of hydrazone groups is 1. The molecule has 0 aliphatic carbocycles. The van der Waals surface area contributed by atoms with Crippen molar-refractivity contribution in [2.75, 3.05) is 6.54 Å². The highest BCUT2D eigenvalue weighted by Crippen LogP contribution is 1.96. The predicted octanol–water partition coefficient (Wildman–Crippen LogP) is 1.26. The first kappa shape index (κ1) is 8.15. The Morgan fingerprint density at radius 2 is 2.55 bits per heavy atom. The second-order valence-electron chi connectivity index (χ2n) is 2.10. The molecule has 0 aromatic rings. The molecular weight excluding hydrogens is 157 g/mol. The lowest BCUT2D eigenvalue weighted by Crippen LogP contribution is -2.22. The van der Waals surface area contributed by atoms with E-state index in [0.29, 0.717) is 6.54 Å². The van der Waals surface area contributed by atoms with Crippen molar-refractivity contribution in [1.82, 2.24) is 5.43 Å². The molecule has 0 radical (unpaired) electrons. The van der Waals surface area contributed by atoms with Crippen LogP contribution in [-0.2, 0) is 0 Å². The van der Waals surface area contributed by atoms with Crippen molar-refractivity contribution in [2.24, 2.45) is 10.1 Å². The summed E-state index contributed by atoms with van der Waals surface area (Å²) < 4.78 is 0. The second-order valence-corrected chi connectivity index (χ2v) is 2.76. The van der Waals surface area contributed by atoms with Crippen molar-refractivity contribution >= 4 is 26.1 Å². The van der Waals surface area contributed by atoms with E-state index < -0.39 is 0 Å². The van der Waals surface area contributed by atoms with Gasteiger partial charge in [0.15, 0.2) is 0 Å². The van der Waals surface area contributed by atoms with E-state index in [2.05, 4.69) is 21.8 Å². The summed E-state index contributed by atoms with van der Waals surface area (Å²) in [5.41, 5.74) is 3.88. The van der Waals surface area contributed by atoms with Gasteiger partial charge in [0.25, 0.3) is 0 Å². The van der Waals surface area contributed by atoms with Crippen LogP contribution in [0.5, 0.6) is 0 Å². The second kappa shape index (κ2) is 4.04. The highest BCUT2D eigenvalue weighted by Gasteiger charge is 1.99. The first-order chi connectivity index (χ1) is 5.33. The molecule has 1 aliphatic heterocycles. The van der Waals surface area contributed by atoms with E-state index in [4.69, 9.17) is 0 Å². The van der Waals surface area contributed by atoms with Gasteiger partial charge in [0.1, 0.15) is 5.84 Å². The fraction of sp³-hybridized carbons (Fsp3) is 0.286. The third kappa shape index (κ3) is 2.64. The summed E-state index contributed by atoms with van der Waals surface area (Å²) in [4.78, 5) is 4.20. The van der Waals surface area contributed by atoms with Crippen molar-refractivity contribution < 1.29 is 0 Å². The lowest BCUT2D eigenvalue weighted by molar-refractivity contribution is 0.831. The van der Waals surface area contributed by atoms with Crippen LogP contribution in [0.3, 0.4) is 0 Å². The van der Waals surface area contributed by atoms with Gasteiger partial charge in [-0.1, -0.05) is 14.5 Å². The molecule has 0 atom stereocenters. The minimum atomic E-state index is 0.712. The molecule has 3 nitrogen and oxygen atoms in total. The van der Waals surface area contributed by atoms with Crippen LogP contribution in [0, 0.1) is 0 Å². The Morgan fingerprint density at radius 3 is 3.18 bits per heavy atom. The van der Waals surface area contributed by atoms with Gasteiger partial charge >= 0.3 is 0 Å². The predicted molar refractivity (Wildman–Crippen MR) is 51.7 cm³/mol. The van der Waals surface area contributed by atoms with Crippen LogP contribution in [0.1, 0.15) is 6.92 Å². The topological polar surface area (TPSA) is 36.8 Å². The number of nitrogens with one attached hydrogen (secondary N) is 1. The van der Waals surface area contributed by atoms with Crippen molar-refractivity contribution in [3.63, 3.8) is 0 Å². The molecule has 0 spiro atoms. The molecule has 58 valence electrons. The van der Waals surface area contributed by atoms with Crippen LogP contribution < -0.4 is 5.43 Å². The maximum absolute atomic E-state index is 4.20. The Balaban J connectivity index is 2.65. The Kier molecular flexibility index (Phi) is 2.99. The van der Waals surface area contributed by atoms with Gasteiger partial charge < -0.3 is 5.43 Å². The van der Waals surface area contributed by atoms with Crippen molar-refractivity contribution in [3.05, 3.63) is 11.9 Å². The third-order valence-electron chi connectivity index (χ3n) is 1.18. The fourth-order valence-electron chi connectivity index (χ4n) is 0.742. The molecule has 1 aliphatic rings. The van der Waals surface area contributed by atoms with Crippen LogP contribution in [0.25, 0.3) is 0 Å². The minimum Gasteiger partial charge on any atom is -0.302 e. The zero-order valence-electron chi connectivity index (χ0n) is 6.41. The third-order valence-corrected chi connectivity index (χ3v) is 1.54. The Morgan fingerprint density at radius 1 is 1.73 bits per heavy atom. The van der Waals surface area contributed by atoms with E-state index in [0.717, 1.165) is 19.8 Å². The summed E-state index contributed by atoms with van der Waals surface area (Å²) in [5.74, 6) is 2.73. The van der Waals surface area contributed by atoms with Gasteiger partial charge in [-0.2, -0.15) is 5.10 Å². The standard InChI is InChI=1S/C7H10N3P/c1-6-9-7(3-4-11-2)5-8-10-6/h3-4,8H,2,5H2,1H3/b4-3-. The lowest BCUT2D eigenvalue weighted by atomic mass is 10.3. The number of rotatable bonds is 2. The van der Waals surface area contributed by atoms with Gasteiger partial charge in [-0.3, -0.25) is 0 Å². The van der Waals surface area contributed by atoms with E-state index in [9.17, 15) is 0 Å². The molecule has 0 saturated carbocycles. The van der Waals surface area contributed by atoms with E-state index in [1.807, 2.05) is 18.8 Å². The smallest absolute Gasteiger partial charge is 0.145 e. The maximum Gasteiger partial charge on any atom is 0.145 e. The van der Waals surface area contributed by atoms with E-state index in [-0.39, 0.29) is 0 Å². The summed E-state index contributed by atoms with van der Waals surface area (Å²) >= 11 is 0. The highest BCUT2D eigenvalue weighted by molar-refractivity contribution is 7.40. The quantitative estimate of drug-likeness (QED) is 0.617. The van der Waals surface area contributed by atoms with Crippen LogP contribution >= 0.6 is 8.20 Å². The first-order valence-electron chi connectivity index (χ1n) is 3.30. The molecule has 1 rings (SSSR count). The molecule has 0 aromatic heterocycles. The summed E-state index contributed by atoms with van der Waals surface area (Å²) in [6.07, 6.45) is 5.63. The summed E-state index contributed by atoms with van der Waals surface area (Å²) in [6, 6.07) is 0. The minimum absolute atomic E-state index is 0.712. The van der Waals surface area contributed by atoms with Crippen LogP contribution in [0.2, 0.25) is 0 Å². The van der Waals surface area contributed by atoms with E-state index in [1.165, 1.54) is 0 Å². The fourth-order valence-corrected chi connectivity index (χ4v) is 1.02. The molecular formula is C7H10N3P. The number of aliphatic imine (C=N–C) groups is 1. The van der Waals surface area contributed by atoms with E-state index >= 15 is 0 Å². The van der Waals surface area contributed by atoms with Gasteiger partial charge in [0.05, 0.1) is 12.3 Å². The summed E-state index contributed by atoms with van der Waals surface area (Å²) in [6.45, 7) is 2.57. The average Bonchev–Trinajstić information content (AvgIpc) is 2.01. The van der Waals surface area contributed by atoms with Crippen molar-refractivity contribution in [1.29, 1.82) is 0 Å². The molecule has 0 unspecified atom stereocenters. The summed E-state index contributed by atoms with van der Waals surface area (Å²) in [7, 11) is 1.01. The van der Waals surface area contributed by atoms with Gasteiger partial charge in [-0.25, -0.2) is 4.99 Å². The molecule has 4 heteroatoms. The molecule has 11 heavy (non-hydrogen) atoms. The van der Waals surface area contributed by atoms with Gasteiger partial charge in [-0.05, 0) is 18.8 Å². The van der Waals surface area contributed by atoms with Gasteiger partial charge in [0, 0.05) is 0 Å². The normalized spacial score (nSPS) is 17.9. The molecule has 0 bridgehead atoms.